The standard InChI is InChI=1S/C7H6ClF2NO2/c8-2-3-5(12)1-4(6(9)10)11-7(3)13/h1,6H,2H2,(H2,11,12,13). The molecule has 0 amide bonds. The monoisotopic (exact) mass is 209 g/mol. The van der Waals surface area contributed by atoms with Crippen LogP contribution in [0.4, 0.5) is 8.78 Å². The van der Waals surface area contributed by atoms with Gasteiger partial charge in [-0.1, -0.05) is 0 Å². The summed E-state index contributed by atoms with van der Waals surface area (Å²) < 4.78 is 24.1. The molecule has 0 aromatic carbocycles. The molecule has 72 valence electrons. The number of aromatic nitrogens is 1. The number of aromatic hydroxyl groups is 1. The molecule has 0 unspecified atom stereocenters. The number of H-pyrrole nitrogens is 1. The van der Waals surface area contributed by atoms with Gasteiger partial charge in [-0.15, -0.1) is 11.6 Å². The van der Waals surface area contributed by atoms with Gasteiger partial charge in [0.2, 0.25) is 0 Å². The van der Waals surface area contributed by atoms with E-state index in [1.807, 2.05) is 4.98 Å². The van der Waals surface area contributed by atoms with Gasteiger partial charge in [0.25, 0.3) is 12.0 Å². The Hall–Kier alpha value is -1.10. The first kappa shape index (κ1) is 9.98. The summed E-state index contributed by atoms with van der Waals surface area (Å²) in [5.41, 5.74) is -1.51. The van der Waals surface area contributed by atoms with Crippen LogP contribution in [0.3, 0.4) is 0 Å². The Morgan fingerprint density at radius 1 is 1.62 bits per heavy atom. The summed E-state index contributed by atoms with van der Waals surface area (Å²) in [7, 11) is 0. The van der Waals surface area contributed by atoms with E-state index in [-0.39, 0.29) is 11.4 Å². The molecule has 2 N–H and O–H groups in total. The Morgan fingerprint density at radius 2 is 2.23 bits per heavy atom. The van der Waals surface area contributed by atoms with Gasteiger partial charge >= 0.3 is 0 Å². The summed E-state index contributed by atoms with van der Waals surface area (Å²) >= 11 is 5.30. The highest BCUT2D eigenvalue weighted by Crippen LogP contribution is 2.21. The van der Waals surface area contributed by atoms with Crippen molar-refractivity contribution >= 4 is 11.6 Å². The van der Waals surface area contributed by atoms with Crippen LogP contribution in [-0.4, -0.2) is 10.1 Å². The lowest BCUT2D eigenvalue weighted by molar-refractivity contribution is 0.145. The Kier molecular flexibility index (Phi) is 2.87. The average Bonchev–Trinajstić information content (AvgIpc) is 2.03. The van der Waals surface area contributed by atoms with E-state index >= 15 is 0 Å². The molecular formula is C7H6ClF2NO2. The first-order valence-corrected chi connectivity index (χ1v) is 3.89. The predicted octanol–water partition coefficient (Wildman–Crippen LogP) is 1.76. The van der Waals surface area contributed by atoms with E-state index in [1.165, 1.54) is 0 Å². The van der Waals surface area contributed by atoms with Gasteiger partial charge in [0.05, 0.1) is 17.1 Å². The lowest BCUT2D eigenvalue weighted by Crippen LogP contribution is -2.13. The van der Waals surface area contributed by atoms with Crippen LogP contribution in [-0.2, 0) is 5.88 Å². The molecule has 1 aromatic rings. The second-order valence-corrected chi connectivity index (χ2v) is 2.62. The number of hydrogen-bond acceptors (Lipinski definition) is 2. The van der Waals surface area contributed by atoms with Crippen LogP contribution >= 0.6 is 11.6 Å². The zero-order valence-corrected chi connectivity index (χ0v) is 7.11. The van der Waals surface area contributed by atoms with Crippen molar-refractivity contribution in [2.75, 3.05) is 0 Å². The molecule has 13 heavy (non-hydrogen) atoms. The smallest absolute Gasteiger partial charge is 0.278 e. The maximum absolute atomic E-state index is 12.0. The molecule has 0 spiro atoms. The molecule has 0 bridgehead atoms. The van der Waals surface area contributed by atoms with E-state index in [0.29, 0.717) is 0 Å². The van der Waals surface area contributed by atoms with Crippen molar-refractivity contribution in [3.05, 3.63) is 27.7 Å². The van der Waals surface area contributed by atoms with Crippen LogP contribution in [0.2, 0.25) is 0 Å². The SMILES string of the molecule is O=c1[nH]c(C(F)F)cc(O)c1CCl. The molecule has 1 aromatic heterocycles. The fourth-order valence-electron chi connectivity index (χ4n) is 0.840. The number of aromatic amines is 1. The first-order valence-electron chi connectivity index (χ1n) is 3.35. The van der Waals surface area contributed by atoms with Gasteiger partial charge in [0.15, 0.2) is 0 Å². The van der Waals surface area contributed by atoms with Crippen molar-refractivity contribution in [1.82, 2.24) is 4.98 Å². The summed E-state index contributed by atoms with van der Waals surface area (Å²) in [6.07, 6.45) is -2.82. The zero-order valence-electron chi connectivity index (χ0n) is 6.35. The third-order valence-corrected chi connectivity index (χ3v) is 1.77. The van der Waals surface area contributed by atoms with Crippen molar-refractivity contribution in [3.63, 3.8) is 0 Å². The van der Waals surface area contributed by atoms with Crippen LogP contribution < -0.4 is 5.56 Å². The summed E-state index contributed by atoms with van der Waals surface area (Å²) in [6.45, 7) is 0. The number of rotatable bonds is 2. The molecule has 0 radical (unpaired) electrons. The van der Waals surface area contributed by atoms with Crippen LogP contribution in [0.25, 0.3) is 0 Å². The van der Waals surface area contributed by atoms with Gasteiger partial charge in [0, 0.05) is 6.07 Å². The molecule has 3 nitrogen and oxygen atoms in total. The Bertz CT molecular complexity index is 364. The Balaban J connectivity index is 3.29. The molecular weight excluding hydrogens is 204 g/mol. The molecule has 1 heterocycles. The van der Waals surface area contributed by atoms with Crippen LogP contribution in [0.15, 0.2) is 10.9 Å². The minimum atomic E-state index is -2.82. The van der Waals surface area contributed by atoms with E-state index in [1.54, 1.807) is 0 Å². The highest BCUT2D eigenvalue weighted by Gasteiger charge is 2.13. The normalized spacial score (nSPS) is 10.8. The molecule has 0 atom stereocenters. The summed E-state index contributed by atoms with van der Waals surface area (Å²) in [5, 5.41) is 9.08. The van der Waals surface area contributed by atoms with Gasteiger partial charge in [0.1, 0.15) is 5.75 Å². The lowest BCUT2D eigenvalue weighted by atomic mass is 10.2. The van der Waals surface area contributed by atoms with E-state index in [0.717, 1.165) is 6.07 Å². The first-order chi connectivity index (χ1) is 6.06. The second-order valence-electron chi connectivity index (χ2n) is 2.35. The minimum absolute atomic E-state index is 0.105. The van der Waals surface area contributed by atoms with Crippen LogP contribution in [0, 0.1) is 0 Å². The van der Waals surface area contributed by atoms with Crippen molar-refractivity contribution in [2.45, 2.75) is 12.3 Å². The van der Waals surface area contributed by atoms with Gasteiger partial charge in [-0.3, -0.25) is 4.79 Å². The second kappa shape index (κ2) is 3.74. The summed E-state index contributed by atoms with van der Waals surface area (Å²) in [5.74, 6) is -0.723. The molecule has 0 fully saturated rings. The Morgan fingerprint density at radius 3 is 2.62 bits per heavy atom. The molecule has 0 aliphatic rings. The van der Waals surface area contributed by atoms with Gasteiger partial charge in [-0.25, -0.2) is 8.78 Å². The fraction of sp³-hybridized carbons (Fsp3) is 0.286. The number of nitrogens with one attached hydrogen (secondary N) is 1. The van der Waals surface area contributed by atoms with Crippen molar-refractivity contribution in [2.24, 2.45) is 0 Å². The third-order valence-electron chi connectivity index (χ3n) is 1.50. The number of pyridine rings is 1. The number of hydrogen-bond donors (Lipinski definition) is 2. The van der Waals surface area contributed by atoms with Crippen LogP contribution in [0.1, 0.15) is 17.7 Å². The molecule has 6 heteroatoms. The van der Waals surface area contributed by atoms with Crippen LogP contribution in [0.5, 0.6) is 5.75 Å². The van der Waals surface area contributed by atoms with E-state index in [4.69, 9.17) is 16.7 Å². The van der Waals surface area contributed by atoms with Crippen molar-refractivity contribution in [1.29, 1.82) is 0 Å². The van der Waals surface area contributed by atoms with Gasteiger partial charge in [-0.2, -0.15) is 0 Å². The predicted molar refractivity (Wildman–Crippen MR) is 43.2 cm³/mol. The maximum atomic E-state index is 12.0. The molecule has 0 saturated heterocycles. The Labute approximate surface area is 77.0 Å². The summed E-state index contributed by atoms with van der Waals surface area (Å²) in [4.78, 5) is 12.9. The number of halogens is 3. The van der Waals surface area contributed by atoms with Gasteiger partial charge in [-0.05, 0) is 0 Å². The molecule has 0 aliphatic carbocycles. The van der Waals surface area contributed by atoms with E-state index < -0.39 is 23.4 Å². The largest absolute Gasteiger partial charge is 0.507 e. The molecule has 1 rings (SSSR count). The highest BCUT2D eigenvalue weighted by atomic mass is 35.5. The topological polar surface area (TPSA) is 53.1 Å². The average molecular weight is 210 g/mol. The third kappa shape index (κ3) is 1.98. The highest BCUT2D eigenvalue weighted by molar-refractivity contribution is 6.17. The molecule has 0 saturated carbocycles. The van der Waals surface area contributed by atoms with Crippen molar-refractivity contribution < 1.29 is 13.9 Å². The zero-order chi connectivity index (χ0) is 10.0. The van der Waals surface area contributed by atoms with E-state index in [9.17, 15) is 13.6 Å². The fourth-order valence-corrected chi connectivity index (χ4v) is 1.10. The van der Waals surface area contributed by atoms with Crippen molar-refractivity contribution in [3.8, 4) is 5.75 Å². The molecule has 0 aliphatic heterocycles. The summed E-state index contributed by atoms with van der Waals surface area (Å²) in [6, 6.07) is 0.795. The van der Waals surface area contributed by atoms with Gasteiger partial charge < -0.3 is 10.1 Å². The number of alkyl halides is 3. The van der Waals surface area contributed by atoms with E-state index in [2.05, 4.69) is 0 Å². The lowest BCUT2D eigenvalue weighted by Gasteiger charge is -2.03. The minimum Gasteiger partial charge on any atom is -0.507 e. The maximum Gasteiger partial charge on any atom is 0.278 e. The quantitative estimate of drug-likeness (QED) is 0.730.